The average molecular weight is 367 g/mol. The molecule has 24 heavy (non-hydrogen) atoms. The highest BCUT2D eigenvalue weighted by Gasteiger charge is 2.11. The molecule has 0 unspecified atom stereocenters. The summed E-state index contributed by atoms with van der Waals surface area (Å²) in [5, 5.41) is 6.38. The predicted octanol–water partition coefficient (Wildman–Crippen LogP) is 2.27. The minimum absolute atomic E-state index is 0.105. The standard InChI is InChI=1S/C16H17NO5S2/c1-24(20,21)14-4-2-3-13(9-14)17-15(18)10-22-16(19)6-5-12-7-8-23-11-12/h2-4,7-9,11H,5-6,10H2,1H3,(H,17,18). The summed E-state index contributed by atoms with van der Waals surface area (Å²) in [6.45, 7) is -0.411. The second-order valence-electron chi connectivity index (χ2n) is 5.14. The Hall–Kier alpha value is -2.19. The topological polar surface area (TPSA) is 89.5 Å². The number of ether oxygens (including phenoxy) is 1. The van der Waals surface area contributed by atoms with Crippen molar-refractivity contribution >= 4 is 38.7 Å². The molecule has 1 aromatic carbocycles. The van der Waals surface area contributed by atoms with Crippen molar-refractivity contribution in [2.75, 3.05) is 18.2 Å². The fraction of sp³-hybridized carbons (Fsp3) is 0.250. The second kappa shape index (κ2) is 8.07. The van der Waals surface area contributed by atoms with Gasteiger partial charge >= 0.3 is 5.97 Å². The summed E-state index contributed by atoms with van der Waals surface area (Å²) in [6, 6.07) is 7.81. The van der Waals surface area contributed by atoms with Gasteiger partial charge in [-0.1, -0.05) is 6.07 Å². The van der Waals surface area contributed by atoms with E-state index < -0.39 is 28.3 Å². The normalized spacial score (nSPS) is 11.0. The molecule has 0 radical (unpaired) electrons. The van der Waals surface area contributed by atoms with E-state index >= 15 is 0 Å². The van der Waals surface area contributed by atoms with Gasteiger partial charge in [0.25, 0.3) is 5.91 Å². The Bertz CT molecular complexity index is 813. The van der Waals surface area contributed by atoms with Gasteiger partial charge in [0.05, 0.1) is 4.90 Å². The number of nitrogens with one attached hydrogen (secondary N) is 1. The van der Waals surface area contributed by atoms with E-state index in [1.165, 1.54) is 18.2 Å². The van der Waals surface area contributed by atoms with Crippen LogP contribution in [0.1, 0.15) is 12.0 Å². The van der Waals surface area contributed by atoms with Crippen LogP contribution in [-0.4, -0.2) is 33.2 Å². The summed E-state index contributed by atoms with van der Waals surface area (Å²) in [6.07, 6.45) is 1.86. The van der Waals surface area contributed by atoms with Gasteiger partial charge in [0, 0.05) is 18.4 Å². The third-order valence-electron chi connectivity index (χ3n) is 3.11. The quantitative estimate of drug-likeness (QED) is 0.758. The van der Waals surface area contributed by atoms with Crippen molar-refractivity contribution in [3.05, 3.63) is 46.7 Å². The number of carbonyl (C=O) groups excluding carboxylic acids is 2. The number of carbonyl (C=O) groups is 2. The number of rotatable bonds is 7. The molecule has 1 heterocycles. The lowest BCUT2D eigenvalue weighted by Gasteiger charge is -2.07. The molecule has 1 N–H and O–H groups in total. The molecule has 6 nitrogen and oxygen atoms in total. The first-order chi connectivity index (χ1) is 11.3. The van der Waals surface area contributed by atoms with E-state index in [-0.39, 0.29) is 11.3 Å². The molecular formula is C16H17NO5S2. The highest BCUT2D eigenvalue weighted by atomic mass is 32.2. The van der Waals surface area contributed by atoms with Crippen molar-refractivity contribution in [1.29, 1.82) is 0 Å². The fourth-order valence-corrected chi connectivity index (χ4v) is 3.27. The Labute approximate surface area is 144 Å². The Balaban J connectivity index is 1.80. The van der Waals surface area contributed by atoms with Gasteiger partial charge in [0.15, 0.2) is 16.4 Å². The van der Waals surface area contributed by atoms with E-state index in [4.69, 9.17) is 4.74 Å². The van der Waals surface area contributed by atoms with Crippen LogP contribution in [-0.2, 0) is 30.6 Å². The smallest absolute Gasteiger partial charge is 0.306 e. The summed E-state index contributed by atoms with van der Waals surface area (Å²) >= 11 is 1.55. The molecule has 0 aliphatic carbocycles. The van der Waals surface area contributed by atoms with Crippen molar-refractivity contribution in [3.63, 3.8) is 0 Å². The van der Waals surface area contributed by atoms with E-state index in [0.29, 0.717) is 12.1 Å². The van der Waals surface area contributed by atoms with Crippen molar-refractivity contribution < 1.29 is 22.7 Å². The summed E-state index contributed by atoms with van der Waals surface area (Å²) in [7, 11) is -3.35. The monoisotopic (exact) mass is 367 g/mol. The Morgan fingerprint density at radius 1 is 1.25 bits per heavy atom. The van der Waals surface area contributed by atoms with Gasteiger partial charge in [-0.15, -0.1) is 0 Å². The average Bonchev–Trinajstić information content (AvgIpc) is 3.04. The number of thiophene rings is 1. The van der Waals surface area contributed by atoms with Crippen LogP contribution in [0, 0.1) is 0 Å². The number of amides is 1. The van der Waals surface area contributed by atoms with Crippen molar-refractivity contribution in [1.82, 2.24) is 0 Å². The molecule has 0 bridgehead atoms. The lowest BCUT2D eigenvalue weighted by atomic mass is 10.2. The lowest BCUT2D eigenvalue weighted by Crippen LogP contribution is -2.21. The first-order valence-electron chi connectivity index (χ1n) is 7.11. The zero-order valence-corrected chi connectivity index (χ0v) is 14.7. The van der Waals surface area contributed by atoms with Crippen LogP contribution in [0.2, 0.25) is 0 Å². The zero-order valence-electron chi connectivity index (χ0n) is 13.0. The lowest BCUT2D eigenvalue weighted by molar-refractivity contribution is -0.147. The summed E-state index contributed by atoms with van der Waals surface area (Å²) in [5.41, 5.74) is 1.39. The summed E-state index contributed by atoms with van der Waals surface area (Å²) in [5.74, 6) is -0.981. The van der Waals surface area contributed by atoms with Gasteiger partial charge < -0.3 is 10.1 Å². The molecule has 8 heteroatoms. The Morgan fingerprint density at radius 2 is 2.04 bits per heavy atom. The van der Waals surface area contributed by atoms with Crippen LogP contribution >= 0.6 is 11.3 Å². The third kappa shape index (κ3) is 5.78. The van der Waals surface area contributed by atoms with Crippen molar-refractivity contribution in [2.45, 2.75) is 17.7 Å². The van der Waals surface area contributed by atoms with Crippen molar-refractivity contribution in [2.24, 2.45) is 0 Å². The van der Waals surface area contributed by atoms with Crippen LogP contribution < -0.4 is 5.32 Å². The molecule has 1 aromatic heterocycles. The second-order valence-corrected chi connectivity index (χ2v) is 7.94. The van der Waals surface area contributed by atoms with Crippen LogP contribution in [0.25, 0.3) is 0 Å². The van der Waals surface area contributed by atoms with Gasteiger partial charge in [-0.05, 0) is 47.0 Å². The predicted molar refractivity (Wildman–Crippen MR) is 91.8 cm³/mol. The largest absolute Gasteiger partial charge is 0.456 e. The van der Waals surface area contributed by atoms with E-state index in [1.54, 1.807) is 17.4 Å². The first-order valence-corrected chi connectivity index (χ1v) is 9.95. The van der Waals surface area contributed by atoms with E-state index in [0.717, 1.165) is 11.8 Å². The number of sulfone groups is 1. The Morgan fingerprint density at radius 3 is 2.71 bits per heavy atom. The van der Waals surface area contributed by atoms with Crippen molar-refractivity contribution in [3.8, 4) is 0 Å². The molecule has 0 aliphatic rings. The van der Waals surface area contributed by atoms with E-state index in [9.17, 15) is 18.0 Å². The fourth-order valence-electron chi connectivity index (χ4n) is 1.90. The number of benzene rings is 1. The number of aryl methyl sites for hydroxylation is 1. The number of esters is 1. The number of hydrogen-bond acceptors (Lipinski definition) is 6. The number of anilines is 1. The molecule has 0 spiro atoms. The molecule has 0 aliphatic heterocycles. The van der Waals surface area contributed by atoms with E-state index in [1.807, 2.05) is 16.8 Å². The first kappa shape index (κ1) is 18.2. The molecule has 0 saturated heterocycles. The molecule has 2 rings (SSSR count). The van der Waals surface area contributed by atoms with Gasteiger partial charge in [-0.3, -0.25) is 9.59 Å². The van der Waals surface area contributed by atoms with Gasteiger partial charge in [0.1, 0.15) is 0 Å². The van der Waals surface area contributed by atoms with E-state index in [2.05, 4.69) is 5.32 Å². The molecule has 0 saturated carbocycles. The minimum Gasteiger partial charge on any atom is -0.456 e. The molecule has 0 fully saturated rings. The van der Waals surface area contributed by atoms with Crippen LogP contribution in [0.5, 0.6) is 0 Å². The zero-order chi connectivity index (χ0) is 17.6. The van der Waals surface area contributed by atoms with Crippen LogP contribution in [0.3, 0.4) is 0 Å². The molecular weight excluding hydrogens is 350 g/mol. The molecule has 128 valence electrons. The Kier molecular flexibility index (Phi) is 6.10. The SMILES string of the molecule is CS(=O)(=O)c1cccc(NC(=O)COC(=O)CCc2ccsc2)c1. The maximum atomic E-state index is 11.8. The number of hydrogen-bond donors (Lipinski definition) is 1. The molecule has 2 aromatic rings. The third-order valence-corrected chi connectivity index (χ3v) is 4.95. The summed E-state index contributed by atoms with van der Waals surface area (Å²) in [4.78, 5) is 23.5. The molecule has 1 amide bonds. The maximum absolute atomic E-state index is 11.8. The van der Waals surface area contributed by atoms with Crippen LogP contribution in [0.4, 0.5) is 5.69 Å². The molecule has 0 atom stereocenters. The highest BCUT2D eigenvalue weighted by molar-refractivity contribution is 7.90. The minimum atomic E-state index is -3.35. The van der Waals surface area contributed by atoms with Crippen LogP contribution in [0.15, 0.2) is 46.0 Å². The van der Waals surface area contributed by atoms with Gasteiger partial charge in [0.2, 0.25) is 0 Å². The van der Waals surface area contributed by atoms with Gasteiger partial charge in [-0.25, -0.2) is 8.42 Å². The summed E-state index contributed by atoms with van der Waals surface area (Å²) < 4.78 is 27.9. The van der Waals surface area contributed by atoms with Gasteiger partial charge in [-0.2, -0.15) is 11.3 Å². The highest BCUT2D eigenvalue weighted by Crippen LogP contribution is 2.15. The maximum Gasteiger partial charge on any atom is 0.306 e.